The van der Waals surface area contributed by atoms with Crippen LogP contribution in [0.15, 0.2) is 12.7 Å². The van der Waals surface area contributed by atoms with Gasteiger partial charge in [0, 0.05) is 0 Å². The van der Waals surface area contributed by atoms with Crippen LogP contribution in [0.25, 0.3) is 0 Å². The van der Waals surface area contributed by atoms with Crippen LogP contribution >= 0.6 is 0 Å². The zero-order chi connectivity index (χ0) is 11.9. The predicted octanol–water partition coefficient (Wildman–Crippen LogP) is 0.735. The fraction of sp³-hybridized carbons (Fsp3) is 0.667. The maximum absolute atomic E-state index is 11.4. The number of aliphatic carboxylic acids is 1. The molecule has 0 aromatic rings. The standard InChI is InChI=1S/C9H17NO4S/c1-3-5-7-15(13,14)10-8(6-4-2)9(11)12/h4,8,10H,2-3,5-7H2,1H3,(H,11,12)/t8-/m0/s1. The highest BCUT2D eigenvalue weighted by Crippen LogP contribution is 1.99. The molecule has 0 unspecified atom stereocenters. The molecule has 0 radical (unpaired) electrons. The minimum absolute atomic E-state index is 0.0373. The summed E-state index contributed by atoms with van der Waals surface area (Å²) in [6.07, 6.45) is 2.73. The third-order valence-corrected chi connectivity index (χ3v) is 3.26. The summed E-state index contributed by atoms with van der Waals surface area (Å²) in [5.74, 6) is -1.22. The van der Waals surface area contributed by atoms with Gasteiger partial charge in [-0.25, -0.2) is 13.1 Å². The summed E-state index contributed by atoms with van der Waals surface area (Å²) >= 11 is 0. The predicted molar refractivity (Wildman–Crippen MR) is 58.1 cm³/mol. The highest BCUT2D eigenvalue weighted by atomic mass is 32.2. The second kappa shape index (κ2) is 6.58. The van der Waals surface area contributed by atoms with Crippen molar-refractivity contribution in [1.82, 2.24) is 4.72 Å². The van der Waals surface area contributed by atoms with Crippen LogP contribution in [0.1, 0.15) is 26.2 Å². The molecule has 5 nitrogen and oxygen atoms in total. The van der Waals surface area contributed by atoms with E-state index in [1.807, 2.05) is 6.92 Å². The zero-order valence-corrected chi connectivity index (χ0v) is 9.59. The van der Waals surface area contributed by atoms with Gasteiger partial charge < -0.3 is 5.11 Å². The van der Waals surface area contributed by atoms with Crippen LogP contribution < -0.4 is 4.72 Å². The summed E-state index contributed by atoms with van der Waals surface area (Å²) in [5, 5.41) is 8.72. The van der Waals surface area contributed by atoms with Crippen LogP contribution in [0.2, 0.25) is 0 Å². The van der Waals surface area contributed by atoms with E-state index in [1.54, 1.807) is 0 Å². The van der Waals surface area contributed by atoms with Gasteiger partial charge in [0.1, 0.15) is 6.04 Å². The number of carboxylic acid groups (broad SMARTS) is 1. The summed E-state index contributed by atoms with van der Waals surface area (Å²) < 4.78 is 24.9. The topological polar surface area (TPSA) is 83.5 Å². The summed E-state index contributed by atoms with van der Waals surface area (Å²) in [4.78, 5) is 10.7. The smallest absolute Gasteiger partial charge is 0.322 e. The highest BCUT2D eigenvalue weighted by Gasteiger charge is 2.21. The maximum Gasteiger partial charge on any atom is 0.322 e. The van der Waals surface area contributed by atoms with Gasteiger partial charge >= 0.3 is 5.97 Å². The molecule has 0 amide bonds. The van der Waals surface area contributed by atoms with Gasteiger partial charge in [0.05, 0.1) is 5.75 Å². The van der Waals surface area contributed by atoms with Crippen LogP contribution in [0.4, 0.5) is 0 Å². The molecule has 0 fully saturated rings. The second-order valence-electron chi connectivity index (χ2n) is 3.21. The van der Waals surface area contributed by atoms with Gasteiger partial charge in [-0.05, 0) is 12.8 Å². The molecule has 0 saturated heterocycles. The van der Waals surface area contributed by atoms with Gasteiger partial charge in [-0.15, -0.1) is 6.58 Å². The molecule has 0 spiro atoms. The molecule has 0 aliphatic rings. The Bertz CT molecular complexity index is 310. The van der Waals surface area contributed by atoms with Gasteiger partial charge in [-0.1, -0.05) is 19.4 Å². The minimum atomic E-state index is -3.49. The fourth-order valence-electron chi connectivity index (χ4n) is 0.976. The number of nitrogens with one attached hydrogen (secondary N) is 1. The Kier molecular flexibility index (Phi) is 6.19. The van der Waals surface area contributed by atoms with Crippen LogP contribution in [-0.2, 0) is 14.8 Å². The lowest BCUT2D eigenvalue weighted by Gasteiger charge is -2.12. The Balaban J connectivity index is 4.38. The van der Waals surface area contributed by atoms with E-state index >= 15 is 0 Å². The normalized spacial score (nSPS) is 13.4. The molecule has 0 saturated carbocycles. The summed E-state index contributed by atoms with van der Waals surface area (Å²) in [7, 11) is -3.49. The van der Waals surface area contributed by atoms with Crippen molar-refractivity contribution in [3.05, 3.63) is 12.7 Å². The van der Waals surface area contributed by atoms with E-state index in [0.717, 1.165) is 6.42 Å². The Morgan fingerprint density at radius 3 is 2.60 bits per heavy atom. The van der Waals surface area contributed by atoms with Gasteiger partial charge in [-0.2, -0.15) is 0 Å². The Morgan fingerprint density at radius 1 is 1.60 bits per heavy atom. The van der Waals surface area contributed by atoms with E-state index in [-0.39, 0.29) is 12.2 Å². The highest BCUT2D eigenvalue weighted by molar-refractivity contribution is 7.89. The quantitative estimate of drug-likeness (QED) is 0.608. The van der Waals surface area contributed by atoms with Crippen molar-refractivity contribution < 1.29 is 18.3 Å². The van der Waals surface area contributed by atoms with Crippen molar-refractivity contribution in [1.29, 1.82) is 0 Å². The van der Waals surface area contributed by atoms with Crippen molar-refractivity contribution in [2.75, 3.05) is 5.75 Å². The first-order valence-corrected chi connectivity index (χ1v) is 6.42. The van der Waals surface area contributed by atoms with Crippen LogP contribution in [0, 0.1) is 0 Å². The van der Waals surface area contributed by atoms with E-state index < -0.39 is 22.0 Å². The van der Waals surface area contributed by atoms with Crippen molar-refractivity contribution in [2.45, 2.75) is 32.2 Å². The number of sulfonamides is 1. The van der Waals surface area contributed by atoms with E-state index in [9.17, 15) is 13.2 Å². The van der Waals surface area contributed by atoms with Crippen molar-refractivity contribution in [2.24, 2.45) is 0 Å². The van der Waals surface area contributed by atoms with E-state index in [1.165, 1.54) is 6.08 Å². The SMILES string of the molecule is C=CC[C@H](NS(=O)(=O)CCCC)C(=O)O. The van der Waals surface area contributed by atoms with Gasteiger partial charge in [0.15, 0.2) is 0 Å². The largest absolute Gasteiger partial charge is 0.480 e. The Labute approximate surface area is 90.2 Å². The average Bonchev–Trinajstić information content (AvgIpc) is 2.14. The first-order valence-electron chi connectivity index (χ1n) is 4.76. The van der Waals surface area contributed by atoms with Crippen molar-refractivity contribution >= 4 is 16.0 Å². The van der Waals surface area contributed by atoms with E-state index in [2.05, 4.69) is 11.3 Å². The lowest BCUT2D eigenvalue weighted by Crippen LogP contribution is -2.41. The van der Waals surface area contributed by atoms with Crippen molar-refractivity contribution in [3.8, 4) is 0 Å². The number of rotatable bonds is 8. The van der Waals surface area contributed by atoms with Crippen LogP contribution in [0.5, 0.6) is 0 Å². The molecule has 1 atom stereocenters. The summed E-state index contributed by atoms with van der Waals surface area (Å²) in [5.41, 5.74) is 0. The molecule has 0 aliphatic heterocycles. The molecule has 88 valence electrons. The number of hydrogen-bond acceptors (Lipinski definition) is 3. The molecule has 0 aromatic carbocycles. The summed E-state index contributed by atoms with van der Waals surface area (Å²) in [6, 6.07) is -1.11. The molecule has 2 N–H and O–H groups in total. The molecule has 0 heterocycles. The van der Waals surface area contributed by atoms with Gasteiger partial charge in [-0.3, -0.25) is 4.79 Å². The van der Waals surface area contributed by atoms with Crippen LogP contribution in [0.3, 0.4) is 0 Å². The molecular formula is C9H17NO4S. The third kappa shape index (κ3) is 6.24. The fourth-order valence-corrected chi connectivity index (χ4v) is 2.39. The summed E-state index contributed by atoms with van der Waals surface area (Å²) in [6.45, 7) is 5.25. The molecule has 0 aliphatic carbocycles. The Morgan fingerprint density at radius 2 is 2.20 bits per heavy atom. The average molecular weight is 235 g/mol. The number of unbranched alkanes of at least 4 members (excludes halogenated alkanes) is 1. The van der Waals surface area contributed by atoms with Gasteiger partial charge in [0.25, 0.3) is 0 Å². The first-order chi connectivity index (χ1) is 6.93. The number of carbonyl (C=O) groups is 1. The zero-order valence-electron chi connectivity index (χ0n) is 8.77. The van der Waals surface area contributed by atoms with E-state index in [4.69, 9.17) is 5.11 Å². The van der Waals surface area contributed by atoms with Crippen LogP contribution in [-0.4, -0.2) is 31.3 Å². The minimum Gasteiger partial charge on any atom is -0.480 e. The van der Waals surface area contributed by atoms with Gasteiger partial charge in [0.2, 0.25) is 10.0 Å². The maximum atomic E-state index is 11.4. The van der Waals surface area contributed by atoms with E-state index in [0.29, 0.717) is 6.42 Å². The number of carboxylic acids is 1. The number of hydrogen-bond donors (Lipinski definition) is 2. The molecule has 0 bridgehead atoms. The lowest BCUT2D eigenvalue weighted by molar-refractivity contribution is -0.138. The molecule has 6 heteroatoms. The lowest BCUT2D eigenvalue weighted by atomic mass is 10.2. The second-order valence-corrected chi connectivity index (χ2v) is 5.08. The molecule has 15 heavy (non-hydrogen) atoms. The third-order valence-electron chi connectivity index (χ3n) is 1.79. The van der Waals surface area contributed by atoms with Crippen molar-refractivity contribution in [3.63, 3.8) is 0 Å². The molecule has 0 aromatic heterocycles. The molecular weight excluding hydrogens is 218 g/mol. The monoisotopic (exact) mass is 235 g/mol. The Hall–Kier alpha value is -0.880. The molecule has 0 rings (SSSR count). The first kappa shape index (κ1) is 14.1.